The van der Waals surface area contributed by atoms with Crippen molar-refractivity contribution < 1.29 is 18.3 Å². The Morgan fingerprint density at radius 1 is 1.19 bits per heavy atom. The number of hydrogen-bond donors (Lipinski definition) is 1. The zero-order valence-corrected chi connectivity index (χ0v) is 18.8. The molecule has 1 N–H and O–H groups in total. The van der Waals surface area contributed by atoms with Crippen LogP contribution in [0.5, 0.6) is 0 Å². The molecule has 0 radical (unpaired) electrons. The molecule has 0 bridgehead atoms. The summed E-state index contributed by atoms with van der Waals surface area (Å²) in [6.07, 6.45) is 1.04. The molecule has 0 saturated carbocycles. The van der Waals surface area contributed by atoms with Crippen molar-refractivity contribution in [1.29, 1.82) is 5.26 Å². The summed E-state index contributed by atoms with van der Waals surface area (Å²) < 4.78 is 45.6. The summed E-state index contributed by atoms with van der Waals surface area (Å²) in [5.41, 5.74) is 0.843. The van der Waals surface area contributed by atoms with Crippen molar-refractivity contribution in [1.82, 2.24) is 29.4 Å². The van der Waals surface area contributed by atoms with E-state index in [1.807, 2.05) is 0 Å². The van der Waals surface area contributed by atoms with Gasteiger partial charge in [0.25, 0.3) is 6.43 Å². The molecule has 0 atom stereocenters. The Morgan fingerprint density at radius 2 is 2.00 bits per heavy atom. The van der Waals surface area contributed by atoms with E-state index in [9.17, 15) is 19.1 Å². The van der Waals surface area contributed by atoms with Gasteiger partial charge >= 0.3 is 0 Å². The van der Waals surface area contributed by atoms with Crippen LogP contribution in [-0.2, 0) is 0 Å². The highest BCUT2D eigenvalue weighted by molar-refractivity contribution is 5.99. The number of benzene rings is 1. The molecule has 0 amide bonds. The number of rotatable bonds is 4. The zero-order chi connectivity index (χ0) is 25.1. The summed E-state index contributed by atoms with van der Waals surface area (Å²) in [6, 6.07) is 8.46. The highest BCUT2D eigenvalue weighted by atomic mass is 19.3. The standard InChI is InChI=1S/C24H17F3N8O/c1-12-18(14-5-7-29-20-15(14)3-4-17(19(20)25)34-8-2-6-30-34)24(33-10-13(36)11-33)35-23(31-12)16(9-28)21(32-35)22(26)27/h2-8,13,22,36H,10-11H2,1H3. The van der Waals surface area contributed by atoms with E-state index in [-0.39, 0.29) is 35.5 Å². The molecule has 1 aromatic carbocycles. The molecule has 1 saturated heterocycles. The lowest BCUT2D eigenvalue weighted by atomic mass is 9.98. The molecule has 1 fully saturated rings. The van der Waals surface area contributed by atoms with Gasteiger partial charge in [-0.15, -0.1) is 0 Å². The van der Waals surface area contributed by atoms with Crippen LogP contribution in [0.2, 0.25) is 0 Å². The summed E-state index contributed by atoms with van der Waals surface area (Å²) in [6.45, 7) is 2.16. The normalized spacial score (nSPS) is 14.1. The number of pyridine rings is 1. The fourth-order valence-electron chi connectivity index (χ4n) is 4.63. The van der Waals surface area contributed by atoms with Crippen molar-refractivity contribution >= 4 is 22.4 Å². The summed E-state index contributed by atoms with van der Waals surface area (Å²) in [7, 11) is 0. The van der Waals surface area contributed by atoms with E-state index in [2.05, 4.69) is 20.2 Å². The van der Waals surface area contributed by atoms with E-state index in [1.165, 1.54) is 15.4 Å². The monoisotopic (exact) mass is 490 g/mol. The van der Waals surface area contributed by atoms with Gasteiger partial charge in [0.05, 0.1) is 11.8 Å². The van der Waals surface area contributed by atoms with E-state index in [0.717, 1.165) is 0 Å². The van der Waals surface area contributed by atoms with Crippen LogP contribution in [0.4, 0.5) is 19.0 Å². The van der Waals surface area contributed by atoms with Crippen LogP contribution < -0.4 is 4.90 Å². The first kappa shape index (κ1) is 22.0. The van der Waals surface area contributed by atoms with Gasteiger partial charge in [0.15, 0.2) is 11.5 Å². The van der Waals surface area contributed by atoms with Crippen molar-refractivity contribution in [3.63, 3.8) is 0 Å². The smallest absolute Gasteiger partial charge is 0.283 e. The Labute approximate surface area is 201 Å². The van der Waals surface area contributed by atoms with Crippen LogP contribution in [0, 0.1) is 24.1 Å². The third kappa shape index (κ3) is 3.13. The van der Waals surface area contributed by atoms with Crippen molar-refractivity contribution in [3.05, 3.63) is 65.6 Å². The largest absolute Gasteiger partial charge is 0.389 e. The maximum atomic E-state index is 15.5. The van der Waals surface area contributed by atoms with Gasteiger partial charge < -0.3 is 10.0 Å². The lowest BCUT2D eigenvalue weighted by Crippen LogP contribution is -2.51. The topological polar surface area (TPSA) is 108 Å². The number of aliphatic hydroxyl groups excluding tert-OH is 1. The van der Waals surface area contributed by atoms with Crippen molar-refractivity contribution in [2.24, 2.45) is 0 Å². The van der Waals surface area contributed by atoms with Crippen LogP contribution >= 0.6 is 0 Å². The first-order valence-corrected chi connectivity index (χ1v) is 11.0. The second-order valence-electron chi connectivity index (χ2n) is 8.47. The quantitative estimate of drug-likeness (QED) is 0.410. The molecule has 1 aliphatic heterocycles. The number of aromatic nitrogens is 6. The molecule has 180 valence electrons. The van der Waals surface area contributed by atoms with Crippen molar-refractivity contribution in [3.8, 4) is 22.9 Å². The van der Waals surface area contributed by atoms with Crippen molar-refractivity contribution in [2.75, 3.05) is 18.0 Å². The van der Waals surface area contributed by atoms with Crippen LogP contribution in [0.1, 0.15) is 23.4 Å². The number of halogens is 3. The number of fused-ring (bicyclic) bond motifs is 2. The number of β-amino-alcohol motifs (C(OH)–C–C–N with tert-alkyl or cyclic N) is 1. The van der Waals surface area contributed by atoms with Gasteiger partial charge in [-0.25, -0.2) is 22.8 Å². The van der Waals surface area contributed by atoms with E-state index in [4.69, 9.17) is 0 Å². The minimum Gasteiger partial charge on any atom is -0.389 e. The average molecular weight is 490 g/mol. The average Bonchev–Trinajstić information content (AvgIpc) is 3.49. The molecule has 9 nitrogen and oxygen atoms in total. The number of hydrogen-bond acceptors (Lipinski definition) is 7. The molecule has 0 spiro atoms. The Balaban J connectivity index is 1.66. The van der Waals surface area contributed by atoms with E-state index in [0.29, 0.717) is 28.0 Å². The number of nitriles is 1. The molecule has 4 aromatic heterocycles. The highest BCUT2D eigenvalue weighted by Crippen LogP contribution is 2.41. The minimum atomic E-state index is -2.98. The summed E-state index contributed by atoms with van der Waals surface area (Å²) in [5.74, 6) is -0.188. The summed E-state index contributed by atoms with van der Waals surface area (Å²) in [4.78, 5) is 10.5. The lowest BCUT2D eigenvalue weighted by molar-refractivity contribution is 0.140. The molecule has 0 unspecified atom stereocenters. The van der Waals surface area contributed by atoms with Gasteiger partial charge in [0, 0.05) is 42.6 Å². The molecule has 0 aliphatic carbocycles. The Morgan fingerprint density at radius 3 is 2.67 bits per heavy atom. The highest BCUT2D eigenvalue weighted by Gasteiger charge is 2.33. The lowest BCUT2D eigenvalue weighted by Gasteiger charge is -2.39. The predicted molar refractivity (Wildman–Crippen MR) is 123 cm³/mol. The SMILES string of the molecule is Cc1nc2c(C#N)c(C(F)F)nn2c(N2CC(O)C2)c1-c1ccnc2c(F)c(-n3cccn3)ccc12. The fraction of sp³-hybridized carbons (Fsp3) is 0.208. The molecule has 36 heavy (non-hydrogen) atoms. The van der Waals surface area contributed by atoms with E-state index < -0.39 is 24.0 Å². The second-order valence-corrected chi connectivity index (χ2v) is 8.47. The predicted octanol–water partition coefficient (Wildman–Crippen LogP) is 3.57. The maximum absolute atomic E-state index is 15.5. The molecule has 12 heteroatoms. The van der Waals surface area contributed by atoms with Crippen LogP contribution in [-0.4, -0.2) is 53.7 Å². The molecular formula is C24H17F3N8O. The first-order valence-electron chi connectivity index (χ1n) is 11.0. The molecule has 1 aliphatic rings. The van der Waals surface area contributed by atoms with Gasteiger partial charge in [-0.3, -0.25) is 4.98 Å². The van der Waals surface area contributed by atoms with E-state index in [1.54, 1.807) is 54.6 Å². The summed E-state index contributed by atoms with van der Waals surface area (Å²) >= 11 is 0. The Hall–Kier alpha value is -4.50. The number of nitrogens with zero attached hydrogens (tertiary/aromatic N) is 8. The second kappa shape index (κ2) is 8.03. The van der Waals surface area contributed by atoms with Gasteiger partial charge in [-0.05, 0) is 36.8 Å². The number of aliphatic hydroxyl groups is 1. The molecule has 5 heterocycles. The Kier molecular flexibility index (Phi) is 4.90. The van der Waals surface area contributed by atoms with E-state index >= 15 is 4.39 Å². The first-order chi connectivity index (χ1) is 17.4. The number of aryl methyl sites for hydroxylation is 1. The van der Waals surface area contributed by atoms with Gasteiger partial charge in [0.1, 0.15) is 34.3 Å². The third-order valence-corrected chi connectivity index (χ3v) is 6.28. The Bertz CT molecular complexity index is 1680. The van der Waals surface area contributed by atoms with Gasteiger partial charge in [-0.2, -0.15) is 20.0 Å². The van der Waals surface area contributed by atoms with Crippen molar-refractivity contribution in [2.45, 2.75) is 19.5 Å². The van der Waals surface area contributed by atoms with Crippen LogP contribution in [0.25, 0.3) is 33.4 Å². The van der Waals surface area contributed by atoms with Crippen LogP contribution in [0.3, 0.4) is 0 Å². The zero-order valence-electron chi connectivity index (χ0n) is 18.8. The number of anilines is 1. The molecule has 5 aromatic rings. The molecule has 6 rings (SSSR count). The minimum absolute atomic E-state index is 0.00375. The third-order valence-electron chi connectivity index (χ3n) is 6.28. The maximum Gasteiger partial charge on any atom is 0.283 e. The van der Waals surface area contributed by atoms with Gasteiger partial charge in [-0.1, -0.05) is 0 Å². The van der Waals surface area contributed by atoms with Crippen LogP contribution in [0.15, 0.2) is 42.9 Å². The summed E-state index contributed by atoms with van der Waals surface area (Å²) in [5, 5.41) is 28.1. The fourth-order valence-corrected chi connectivity index (χ4v) is 4.63. The molecular weight excluding hydrogens is 473 g/mol. The van der Waals surface area contributed by atoms with Gasteiger partial charge in [0.2, 0.25) is 0 Å². The number of alkyl halides is 2.